The number of carbonyl (C=O) groups excluding carboxylic acids is 1. The molecule has 0 aromatic heterocycles. The minimum atomic E-state index is 0.261. The van der Waals surface area contributed by atoms with Gasteiger partial charge in [0.1, 0.15) is 0 Å². The summed E-state index contributed by atoms with van der Waals surface area (Å²) in [5.74, 6) is 0. The molecule has 0 aliphatic rings. The first-order chi connectivity index (χ1) is 5.05. The lowest BCUT2D eigenvalue weighted by Crippen LogP contribution is -2.32. The lowest BCUT2D eigenvalue weighted by Gasteiger charge is -2.28. The van der Waals surface area contributed by atoms with Gasteiger partial charge in [-0.25, -0.2) is 0 Å². The largest absolute Gasteiger partial charge is 0.345 e. The Balaban J connectivity index is 3.88. The summed E-state index contributed by atoms with van der Waals surface area (Å²) in [5, 5.41) is 0. The normalized spacial score (nSPS) is 11.3. The third-order valence-electron chi connectivity index (χ3n) is 2.14. The fourth-order valence-corrected chi connectivity index (χ4v) is 0.885. The van der Waals surface area contributed by atoms with E-state index in [1.54, 1.807) is 0 Å². The second-order valence-corrected chi connectivity index (χ2v) is 3.69. The van der Waals surface area contributed by atoms with Gasteiger partial charge in [0.2, 0.25) is 6.41 Å². The molecule has 0 aromatic rings. The Kier molecular flexibility index (Phi) is 4.16. The van der Waals surface area contributed by atoms with Gasteiger partial charge in [0, 0.05) is 13.1 Å². The maximum atomic E-state index is 10.5. The quantitative estimate of drug-likeness (QED) is 0.558. The van der Waals surface area contributed by atoms with E-state index in [2.05, 4.69) is 20.8 Å². The van der Waals surface area contributed by atoms with Crippen molar-refractivity contribution in [1.29, 1.82) is 0 Å². The third-order valence-corrected chi connectivity index (χ3v) is 2.14. The zero-order valence-electron chi connectivity index (χ0n) is 8.05. The van der Waals surface area contributed by atoms with E-state index in [-0.39, 0.29) is 5.41 Å². The number of amides is 1. The molecule has 0 aliphatic heterocycles. The van der Waals surface area contributed by atoms with Gasteiger partial charge >= 0.3 is 0 Å². The standard InChI is InChI=1S/C9H19NO/c1-5-9(3,4)7-10(6-2)8-11/h8H,5-7H2,1-4H3. The van der Waals surface area contributed by atoms with Gasteiger partial charge in [0.15, 0.2) is 0 Å². The predicted molar refractivity (Wildman–Crippen MR) is 47.4 cm³/mol. The molecule has 0 heterocycles. The van der Waals surface area contributed by atoms with Gasteiger partial charge in [-0.05, 0) is 18.8 Å². The Morgan fingerprint density at radius 2 is 1.91 bits per heavy atom. The van der Waals surface area contributed by atoms with Crippen LogP contribution < -0.4 is 0 Å². The van der Waals surface area contributed by atoms with Crippen molar-refractivity contribution < 1.29 is 4.79 Å². The summed E-state index contributed by atoms with van der Waals surface area (Å²) in [5.41, 5.74) is 0.261. The van der Waals surface area contributed by atoms with E-state index in [4.69, 9.17) is 0 Å². The molecule has 11 heavy (non-hydrogen) atoms. The van der Waals surface area contributed by atoms with Crippen LogP contribution in [0.15, 0.2) is 0 Å². The topological polar surface area (TPSA) is 20.3 Å². The Bertz CT molecular complexity index is 121. The first-order valence-corrected chi connectivity index (χ1v) is 4.25. The van der Waals surface area contributed by atoms with Crippen molar-refractivity contribution in [3.8, 4) is 0 Å². The fourth-order valence-electron chi connectivity index (χ4n) is 0.885. The lowest BCUT2D eigenvalue weighted by atomic mass is 9.90. The van der Waals surface area contributed by atoms with Crippen LogP contribution in [0.1, 0.15) is 34.1 Å². The molecule has 0 atom stereocenters. The van der Waals surface area contributed by atoms with Crippen molar-refractivity contribution in [2.24, 2.45) is 5.41 Å². The molecule has 66 valence electrons. The van der Waals surface area contributed by atoms with Gasteiger partial charge in [0.25, 0.3) is 0 Å². The molecule has 2 nitrogen and oxygen atoms in total. The molecule has 0 bridgehead atoms. The highest BCUT2D eigenvalue weighted by molar-refractivity contribution is 5.46. The highest BCUT2D eigenvalue weighted by Gasteiger charge is 2.17. The molecular formula is C9H19NO. The van der Waals surface area contributed by atoms with E-state index in [1.807, 2.05) is 11.8 Å². The minimum absolute atomic E-state index is 0.261. The number of hydrogen-bond donors (Lipinski definition) is 0. The molecule has 1 amide bonds. The number of rotatable bonds is 5. The summed E-state index contributed by atoms with van der Waals surface area (Å²) < 4.78 is 0. The monoisotopic (exact) mass is 157 g/mol. The molecule has 0 saturated heterocycles. The number of nitrogens with zero attached hydrogens (tertiary/aromatic N) is 1. The molecule has 0 unspecified atom stereocenters. The summed E-state index contributed by atoms with van der Waals surface area (Å²) in [4.78, 5) is 12.3. The summed E-state index contributed by atoms with van der Waals surface area (Å²) in [6.45, 7) is 10.2. The van der Waals surface area contributed by atoms with Crippen molar-refractivity contribution in [2.75, 3.05) is 13.1 Å². The van der Waals surface area contributed by atoms with E-state index in [0.29, 0.717) is 0 Å². The van der Waals surface area contributed by atoms with Gasteiger partial charge in [-0.3, -0.25) is 4.79 Å². The van der Waals surface area contributed by atoms with Crippen LogP contribution in [0.5, 0.6) is 0 Å². The summed E-state index contributed by atoms with van der Waals surface area (Å²) >= 11 is 0. The van der Waals surface area contributed by atoms with Gasteiger partial charge in [-0.15, -0.1) is 0 Å². The molecule has 0 aromatic carbocycles. The van der Waals surface area contributed by atoms with Crippen LogP contribution in [0, 0.1) is 5.41 Å². The molecule has 0 saturated carbocycles. The third kappa shape index (κ3) is 4.02. The number of carbonyl (C=O) groups is 1. The highest BCUT2D eigenvalue weighted by atomic mass is 16.1. The van der Waals surface area contributed by atoms with Crippen molar-refractivity contribution >= 4 is 6.41 Å². The molecule has 0 aliphatic carbocycles. The summed E-state index contributed by atoms with van der Waals surface area (Å²) in [6.07, 6.45) is 2.04. The maximum absolute atomic E-state index is 10.5. The molecule has 0 rings (SSSR count). The Hall–Kier alpha value is -0.530. The van der Waals surface area contributed by atoms with Gasteiger partial charge in [-0.1, -0.05) is 20.8 Å². The predicted octanol–water partition coefficient (Wildman–Crippen LogP) is 1.90. The molecule has 0 radical (unpaired) electrons. The van der Waals surface area contributed by atoms with Crippen LogP contribution in [-0.4, -0.2) is 24.4 Å². The molecule has 2 heteroatoms. The lowest BCUT2D eigenvalue weighted by molar-refractivity contribution is -0.119. The molecular weight excluding hydrogens is 138 g/mol. The summed E-state index contributed by atoms with van der Waals surface area (Å²) in [7, 11) is 0. The van der Waals surface area contributed by atoms with Crippen LogP contribution in [0.25, 0.3) is 0 Å². The summed E-state index contributed by atoms with van der Waals surface area (Å²) in [6, 6.07) is 0. The van der Waals surface area contributed by atoms with Crippen LogP contribution in [0.3, 0.4) is 0 Å². The molecule has 0 N–H and O–H groups in total. The van der Waals surface area contributed by atoms with Gasteiger partial charge in [0.05, 0.1) is 0 Å². The van der Waals surface area contributed by atoms with Crippen LogP contribution in [0.2, 0.25) is 0 Å². The van der Waals surface area contributed by atoms with Crippen LogP contribution >= 0.6 is 0 Å². The highest BCUT2D eigenvalue weighted by Crippen LogP contribution is 2.20. The first-order valence-electron chi connectivity index (χ1n) is 4.25. The average Bonchev–Trinajstić information content (AvgIpc) is 2.00. The Morgan fingerprint density at radius 3 is 2.18 bits per heavy atom. The van der Waals surface area contributed by atoms with Crippen molar-refractivity contribution in [3.63, 3.8) is 0 Å². The van der Waals surface area contributed by atoms with Gasteiger partial charge in [-0.2, -0.15) is 0 Å². The first kappa shape index (κ1) is 10.5. The fraction of sp³-hybridized carbons (Fsp3) is 0.889. The van der Waals surface area contributed by atoms with Crippen molar-refractivity contribution in [3.05, 3.63) is 0 Å². The van der Waals surface area contributed by atoms with E-state index in [9.17, 15) is 4.79 Å². The Morgan fingerprint density at radius 1 is 1.36 bits per heavy atom. The van der Waals surface area contributed by atoms with Crippen molar-refractivity contribution in [2.45, 2.75) is 34.1 Å². The van der Waals surface area contributed by atoms with E-state index < -0.39 is 0 Å². The van der Waals surface area contributed by atoms with E-state index in [1.165, 1.54) is 0 Å². The van der Waals surface area contributed by atoms with Gasteiger partial charge < -0.3 is 4.90 Å². The van der Waals surface area contributed by atoms with Crippen LogP contribution in [-0.2, 0) is 4.79 Å². The zero-order valence-corrected chi connectivity index (χ0v) is 8.05. The smallest absolute Gasteiger partial charge is 0.209 e. The van der Waals surface area contributed by atoms with E-state index >= 15 is 0 Å². The second kappa shape index (κ2) is 4.37. The van der Waals surface area contributed by atoms with E-state index in [0.717, 1.165) is 25.9 Å². The molecule has 0 spiro atoms. The van der Waals surface area contributed by atoms with Crippen molar-refractivity contribution in [1.82, 2.24) is 4.90 Å². The molecule has 0 fully saturated rings. The average molecular weight is 157 g/mol. The second-order valence-electron chi connectivity index (χ2n) is 3.69. The maximum Gasteiger partial charge on any atom is 0.209 e. The minimum Gasteiger partial charge on any atom is -0.345 e. The number of hydrogen-bond acceptors (Lipinski definition) is 1. The zero-order chi connectivity index (χ0) is 8.91. The SMILES string of the molecule is CCN(C=O)CC(C)(C)CC. The Labute approximate surface area is 69.6 Å². The van der Waals surface area contributed by atoms with Crippen LogP contribution in [0.4, 0.5) is 0 Å².